The molecule has 2 heterocycles. The third-order valence-electron chi connectivity index (χ3n) is 3.83. The van der Waals surface area contributed by atoms with E-state index in [0.29, 0.717) is 5.41 Å². The Morgan fingerprint density at radius 2 is 2.06 bits per heavy atom. The molecule has 0 atom stereocenters. The van der Waals surface area contributed by atoms with Gasteiger partial charge in [0.1, 0.15) is 5.76 Å². The van der Waals surface area contributed by atoms with Crippen LogP contribution in [0.4, 0.5) is 0 Å². The van der Waals surface area contributed by atoms with Gasteiger partial charge in [-0.2, -0.15) is 0 Å². The second-order valence-electron chi connectivity index (χ2n) is 5.94. The number of hydrogen-bond donors (Lipinski definition) is 1. The zero-order valence-electron chi connectivity index (χ0n) is 11.3. The van der Waals surface area contributed by atoms with Crippen LogP contribution in [0.1, 0.15) is 48.6 Å². The van der Waals surface area contributed by atoms with Gasteiger partial charge in [-0.25, -0.2) is 4.79 Å². The second kappa shape index (κ2) is 4.76. The Hall–Kier alpha value is -1.29. The summed E-state index contributed by atoms with van der Waals surface area (Å²) in [6.45, 7) is 9.36. The predicted octanol–water partition coefficient (Wildman–Crippen LogP) is 2.91. The highest BCUT2D eigenvalue weighted by Crippen LogP contribution is 2.30. The summed E-state index contributed by atoms with van der Waals surface area (Å²) >= 11 is 0. The van der Waals surface area contributed by atoms with Crippen LogP contribution in [0, 0.1) is 12.3 Å². The van der Waals surface area contributed by atoms with Crippen LogP contribution < -0.4 is 0 Å². The number of furan rings is 1. The molecule has 100 valence electrons. The molecule has 2 rings (SSSR count). The monoisotopic (exact) mass is 251 g/mol. The molecule has 4 nitrogen and oxygen atoms in total. The van der Waals surface area contributed by atoms with Gasteiger partial charge < -0.3 is 9.52 Å². The molecular formula is C14H21NO3. The van der Waals surface area contributed by atoms with Crippen molar-refractivity contribution < 1.29 is 14.3 Å². The summed E-state index contributed by atoms with van der Waals surface area (Å²) in [5.74, 6) is -0.235. The smallest absolute Gasteiger partial charge is 0.371 e. The second-order valence-corrected chi connectivity index (χ2v) is 5.94. The third-order valence-corrected chi connectivity index (χ3v) is 3.83. The van der Waals surface area contributed by atoms with E-state index in [4.69, 9.17) is 9.52 Å². The third kappa shape index (κ3) is 2.93. The lowest BCUT2D eigenvalue weighted by atomic mass is 9.82. The van der Waals surface area contributed by atoms with Gasteiger partial charge in [-0.1, -0.05) is 13.8 Å². The van der Waals surface area contributed by atoms with Crippen molar-refractivity contribution in [1.29, 1.82) is 0 Å². The lowest BCUT2D eigenvalue weighted by Crippen LogP contribution is -2.36. The van der Waals surface area contributed by atoms with E-state index in [2.05, 4.69) is 18.7 Å². The number of aryl methyl sites for hydroxylation is 1. The Bertz CT molecular complexity index is 438. The summed E-state index contributed by atoms with van der Waals surface area (Å²) in [4.78, 5) is 13.2. The van der Waals surface area contributed by atoms with Crippen molar-refractivity contribution in [2.24, 2.45) is 5.41 Å². The summed E-state index contributed by atoms with van der Waals surface area (Å²) in [6.07, 6.45) is 2.38. The molecule has 18 heavy (non-hydrogen) atoms. The maximum atomic E-state index is 10.8. The first kappa shape index (κ1) is 13.1. The number of likely N-dealkylation sites (tertiary alicyclic amines) is 1. The SMILES string of the molecule is Cc1oc(C(=O)O)cc1CN1CCC(C)(C)CC1. The van der Waals surface area contributed by atoms with Crippen molar-refractivity contribution in [1.82, 2.24) is 4.90 Å². The number of nitrogens with zero attached hydrogens (tertiary/aromatic N) is 1. The van der Waals surface area contributed by atoms with Crippen molar-refractivity contribution >= 4 is 5.97 Å². The fourth-order valence-electron chi connectivity index (χ4n) is 2.34. The van der Waals surface area contributed by atoms with Gasteiger partial charge in [-0.05, 0) is 44.3 Å². The lowest BCUT2D eigenvalue weighted by Gasteiger charge is -2.36. The summed E-state index contributed by atoms with van der Waals surface area (Å²) in [6, 6.07) is 1.65. The van der Waals surface area contributed by atoms with Gasteiger partial charge in [0, 0.05) is 12.1 Å². The van der Waals surface area contributed by atoms with E-state index in [1.165, 1.54) is 12.8 Å². The number of piperidine rings is 1. The van der Waals surface area contributed by atoms with E-state index >= 15 is 0 Å². The van der Waals surface area contributed by atoms with E-state index in [9.17, 15) is 4.79 Å². The molecule has 0 amide bonds. The molecular weight excluding hydrogens is 230 g/mol. The maximum absolute atomic E-state index is 10.8. The molecule has 0 bridgehead atoms. The first-order valence-corrected chi connectivity index (χ1v) is 6.42. The molecule has 0 unspecified atom stereocenters. The van der Waals surface area contributed by atoms with E-state index < -0.39 is 5.97 Å². The van der Waals surface area contributed by atoms with Gasteiger partial charge in [-0.3, -0.25) is 4.90 Å². The van der Waals surface area contributed by atoms with Crippen LogP contribution >= 0.6 is 0 Å². The summed E-state index contributed by atoms with van der Waals surface area (Å²) in [7, 11) is 0. The van der Waals surface area contributed by atoms with Crippen LogP contribution in [0.25, 0.3) is 0 Å². The minimum Gasteiger partial charge on any atom is -0.475 e. The Kier molecular flexibility index (Phi) is 3.48. The van der Waals surface area contributed by atoms with Crippen molar-refractivity contribution in [2.45, 2.75) is 40.2 Å². The molecule has 1 N–H and O–H groups in total. The van der Waals surface area contributed by atoms with Gasteiger partial charge >= 0.3 is 5.97 Å². The highest BCUT2D eigenvalue weighted by atomic mass is 16.4. The van der Waals surface area contributed by atoms with Crippen molar-refractivity contribution in [3.8, 4) is 0 Å². The van der Waals surface area contributed by atoms with Crippen molar-refractivity contribution in [3.05, 3.63) is 23.2 Å². The fraction of sp³-hybridized carbons (Fsp3) is 0.643. The number of aromatic carboxylic acids is 1. The van der Waals surface area contributed by atoms with Crippen LogP contribution in [-0.2, 0) is 6.54 Å². The molecule has 4 heteroatoms. The Labute approximate surface area is 108 Å². The average molecular weight is 251 g/mol. The minimum atomic E-state index is -0.996. The lowest BCUT2D eigenvalue weighted by molar-refractivity contribution is 0.0661. The highest BCUT2D eigenvalue weighted by Gasteiger charge is 2.26. The van der Waals surface area contributed by atoms with Gasteiger partial charge in [0.25, 0.3) is 0 Å². The van der Waals surface area contributed by atoms with Crippen LogP contribution in [0.5, 0.6) is 0 Å². The molecule has 0 spiro atoms. The number of carbonyl (C=O) groups is 1. The molecule has 1 aromatic rings. The largest absolute Gasteiger partial charge is 0.475 e. The molecule has 0 aromatic carbocycles. The van der Waals surface area contributed by atoms with E-state index in [1.807, 2.05) is 6.92 Å². The standard InChI is InChI=1S/C14H21NO3/c1-10-11(8-12(18-10)13(16)17)9-15-6-4-14(2,3)5-7-15/h8H,4-7,9H2,1-3H3,(H,16,17). The van der Waals surface area contributed by atoms with Crippen LogP contribution in [0.15, 0.2) is 10.5 Å². The van der Waals surface area contributed by atoms with Gasteiger partial charge in [0.15, 0.2) is 0 Å². The zero-order chi connectivity index (χ0) is 13.3. The summed E-state index contributed by atoms with van der Waals surface area (Å²) in [5.41, 5.74) is 1.43. The van der Waals surface area contributed by atoms with Gasteiger partial charge in [0.05, 0.1) is 0 Å². The number of rotatable bonds is 3. The molecule has 0 aliphatic carbocycles. The van der Waals surface area contributed by atoms with Gasteiger partial charge in [-0.15, -0.1) is 0 Å². The van der Waals surface area contributed by atoms with E-state index in [0.717, 1.165) is 31.0 Å². The van der Waals surface area contributed by atoms with Crippen molar-refractivity contribution in [2.75, 3.05) is 13.1 Å². The van der Waals surface area contributed by atoms with E-state index in [1.54, 1.807) is 6.07 Å². The zero-order valence-corrected chi connectivity index (χ0v) is 11.3. The average Bonchev–Trinajstić information content (AvgIpc) is 2.64. The minimum absolute atomic E-state index is 0.0415. The quantitative estimate of drug-likeness (QED) is 0.897. The topological polar surface area (TPSA) is 53.7 Å². The maximum Gasteiger partial charge on any atom is 0.371 e. The Morgan fingerprint density at radius 3 is 2.56 bits per heavy atom. The van der Waals surface area contributed by atoms with Gasteiger partial charge in [0.2, 0.25) is 5.76 Å². The summed E-state index contributed by atoms with van der Waals surface area (Å²) in [5, 5.41) is 8.89. The molecule has 1 aromatic heterocycles. The normalized spacial score (nSPS) is 19.9. The number of hydrogen-bond acceptors (Lipinski definition) is 3. The van der Waals surface area contributed by atoms with E-state index in [-0.39, 0.29) is 5.76 Å². The number of carboxylic acids is 1. The van der Waals surface area contributed by atoms with Crippen molar-refractivity contribution in [3.63, 3.8) is 0 Å². The fourth-order valence-corrected chi connectivity index (χ4v) is 2.34. The highest BCUT2D eigenvalue weighted by molar-refractivity contribution is 5.84. The molecule has 1 aliphatic rings. The first-order valence-electron chi connectivity index (χ1n) is 6.42. The first-order chi connectivity index (χ1) is 8.37. The molecule has 1 fully saturated rings. The van der Waals surface area contributed by atoms with Crippen LogP contribution in [0.3, 0.4) is 0 Å². The predicted molar refractivity (Wildman–Crippen MR) is 68.7 cm³/mol. The van der Waals surface area contributed by atoms with Crippen LogP contribution in [-0.4, -0.2) is 29.1 Å². The number of carboxylic acid groups (broad SMARTS) is 1. The molecule has 1 aliphatic heterocycles. The summed E-state index contributed by atoms with van der Waals surface area (Å²) < 4.78 is 5.23. The molecule has 0 saturated carbocycles. The Morgan fingerprint density at radius 1 is 1.44 bits per heavy atom. The Balaban J connectivity index is 2.00. The molecule has 1 saturated heterocycles. The molecule has 0 radical (unpaired) electrons. The van der Waals surface area contributed by atoms with Crippen LogP contribution in [0.2, 0.25) is 0 Å².